The van der Waals surface area contributed by atoms with Gasteiger partial charge in [-0.2, -0.15) is 0 Å². The molecule has 4 heteroatoms. The Balaban J connectivity index is 2.47. The van der Waals surface area contributed by atoms with E-state index in [1.165, 1.54) is 16.0 Å². The van der Waals surface area contributed by atoms with Crippen molar-refractivity contribution in [3.8, 4) is 0 Å². The maximum Gasteiger partial charge on any atom is 0.0396 e. The van der Waals surface area contributed by atoms with Crippen LogP contribution < -0.4 is 5.32 Å². The topological polar surface area (TPSA) is 12.0 Å². The van der Waals surface area contributed by atoms with Crippen molar-refractivity contribution in [2.45, 2.75) is 24.8 Å². The highest BCUT2D eigenvalue weighted by atomic mass is 35.5. The molecular weight excluding hydrogens is 273 g/mol. The molecule has 0 bridgehead atoms. The van der Waals surface area contributed by atoms with Crippen LogP contribution in [-0.2, 0) is 6.54 Å². The van der Waals surface area contributed by atoms with E-state index >= 15 is 0 Å². The Labute approximate surface area is 118 Å². The van der Waals surface area contributed by atoms with Gasteiger partial charge in [0, 0.05) is 27.8 Å². The zero-order chi connectivity index (χ0) is 12.5. The molecule has 1 aromatic carbocycles. The first-order valence-corrected chi connectivity index (χ1v) is 7.43. The molecule has 1 nitrogen and oxygen atoms in total. The molecule has 0 aliphatic carbocycles. The zero-order valence-corrected chi connectivity index (χ0v) is 12.2. The molecule has 94 valence electrons. The number of hydrogen-bond acceptors (Lipinski definition) is 2. The summed E-state index contributed by atoms with van der Waals surface area (Å²) in [4.78, 5) is 1.22. The van der Waals surface area contributed by atoms with Crippen LogP contribution in [0.4, 0.5) is 0 Å². The Morgan fingerprint density at radius 3 is 3.00 bits per heavy atom. The van der Waals surface area contributed by atoms with Gasteiger partial charge in [-0.3, -0.25) is 0 Å². The van der Waals surface area contributed by atoms with Gasteiger partial charge in [-0.05, 0) is 30.7 Å². The second kappa shape index (κ2) is 8.87. The third kappa shape index (κ3) is 6.37. The number of thioether (sulfide) groups is 1. The zero-order valence-electron chi connectivity index (χ0n) is 9.88. The van der Waals surface area contributed by atoms with Crippen molar-refractivity contribution in [3.63, 3.8) is 0 Å². The third-order valence-corrected chi connectivity index (χ3v) is 3.97. The largest absolute Gasteiger partial charge is 0.313 e. The molecule has 1 aromatic rings. The fourth-order valence-corrected chi connectivity index (χ4v) is 2.47. The van der Waals surface area contributed by atoms with Gasteiger partial charge < -0.3 is 5.32 Å². The molecule has 0 amide bonds. The Bertz CT molecular complexity index is 366. The van der Waals surface area contributed by atoms with E-state index in [1.54, 1.807) is 11.8 Å². The van der Waals surface area contributed by atoms with Gasteiger partial charge in [0.25, 0.3) is 0 Å². The summed E-state index contributed by atoms with van der Waals surface area (Å²) in [6, 6.07) is 8.48. The van der Waals surface area contributed by atoms with Crippen molar-refractivity contribution in [3.05, 3.63) is 40.4 Å². The molecule has 0 aromatic heterocycles. The van der Waals surface area contributed by atoms with Gasteiger partial charge >= 0.3 is 0 Å². The second-order valence-corrected chi connectivity index (χ2v) is 5.42. The van der Waals surface area contributed by atoms with Crippen LogP contribution in [0, 0.1) is 0 Å². The summed E-state index contributed by atoms with van der Waals surface area (Å²) in [5.74, 6) is 0.719. The van der Waals surface area contributed by atoms with Crippen LogP contribution >= 0.6 is 35.0 Å². The van der Waals surface area contributed by atoms with E-state index in [0.717, 1.165) is 25.3 Å². The van der Waals surface area contributed by atoms with E-state index in [1.807, 2.05) is 0 Å². The highest BCUT2D eigenvalue weighted by Gasteiger charge is 1.98. The van der Waals surface area contributed by atoms with Crippen LogP contribution in [0.3, 0.4) is 0 Å². The third-order valence-electron chi connectivity index (χ3n) is 2.15. The summed E-state index contributed by atoms with van der Waals surface area (Å²) in [6.07, 6.45) is 1.16. The van der Waals surface area contributed by atoms with Crippen molar-refractivity contribution < 1.29 is 0 Å². The van der Waals surface area contributed by atoms with Gasteiger partial charge in [0.15, 0.2) is 0 Å². The molecule has 17 heavy (non-hydrogen) atoms. The number of hydrogen-bond donors (Lipinski definition) is 1. The molecule has 0 spiro atoms. The molecule has 0 radical (unpaired) electrons. The van der Waals surface area contributed by atoms with Gasteiger partial charge in [-0.15, -0.1) is 11.8 Å². The molecule has 0 aliphatic rings. The van der Waals surface area contributed by atoms with E-state index in [4.69, 9.17) is 23.2 Å². The van der Waals surface area contributed by atoms with E-state index in [2.05, 4.69) is 36.5 Å². The Kier molecular flexibility index (Phi) is 7.78. The van der Waals surface area contributed by atoms with Crippen LogP contribution in [0.25, 0.3) is 0 Å². The maximum atomic E-state index is 5.85. The van der Waals surface area contributed by atoms with Crippen molar-refractivity contribution in [1.29, 1.82) is 0 Å². The number of nitrogens with one attached hydrogen (secondary N) is 1. The first kappa shape index (κ1) is 14.9. The molecule has 0 unspecified atom stereocenters. The van der Waals surface area contributed by atoms with E-state index in [0.29, 0.717) is 5.03 Å². The molecule has 1 N–H and O–H groups in total. The Morgan fingerprint density at radius 2 is 2.29 bits per heavy atom. The first-order chi connectivity index (χ1) is 8.26. The lowest BCUT2D eigenvalue weighted by molar-refractivity contribution is 0.674. The average molecular weight is 290 g/mol. The number of halogens is 2. The van der Waals surface area contributed by atoms with Gasteiger partial charge in [0.1, 0.15) is 0 Å². The van der Waals surface area contributed by atoms with E-state index in [-0.39, 0.29) is 0 Å². The van der Waals surface area contributed by atoms with Gasteiger partial charge in [-0.25, -0.2) is 0 Å². The fourth-order valence-electron chi connectivity index (χ4n) is 1.34. The van der Waals surface area contributed by atoms with E-state index < -0.39 is 0 Å². The molecule has 0 fully saturated rings. The molecule has 1 rings (SSSR count). The average Bonchev–Trinajstić information content (AvgIpc) is 2.37. The summed E-state index contributed by atoms with van der Waals surface area (Å²) < 4.78 is 0. The predicted molar refractivity (Wildman–Crippen MR) is 79.0 cm³/mol. The normalized spacial score (nSPS) is 11.8. The lowest BCUT2D eigenvalue weighted by atomic mass is 10.2. The fraction of sp³-hybridized carbons (Fsp3) is 0.385. The minimum atomic E-state index is 0.672. The van der Waals surface area contributed by atoms with Crippen molar-refractivity contribution in [2.75, 3.05) is 12.3 Å². The molecule has 0 heterocycles. The van der Waals surface area contributed by atoms with Crippen molar-refractivity contribution >= 4 is 35.0 Å². The molecular formula is C13H17Cl2NS. The smallest absolute Gasteiger partial charge is 0.0396 e. The Hall–Kier alpha value is -0.150. The quantitative estimate of drug-likeness (QED) is 0.582. The SMILES string of the molecule is CCCNCc1cccc(SCC(Cl)=CCl)c1. The summed E-state index contributed by atoms with van der Waals surface area (Å²) in [7, 11) is 0. The summed E-state index contributed by atoms with van der Waals surface area (Å²) in [5.41, 5.74) is 2.72. The first-order valence-electron chi connectivity index (χ1n) is 5.63. The minimum Gasteiger partial charge on any atom is -0.313 e. The monoisotopic (exact) mass is 289 g/mol. The van der Waals surface area contributed by atoms with E-state index in [9.17, 15) is 0 Å². The summed E-state index contributed by atoms with van der Waals surface area (Å²) >= 11 is 13.1. The lowest BCUT2D eigenvalue weighted by Gasteiger charge is -2.06. The minimum absolute atomic E-state index is 0.672. The van der Waals surface area contributed by atoms with Gasteiger partial charge in [0.05, 0.1) is 0 Å². The highest BCUT2D eigenvalue weighted by Crippen LogP contribution is 2.23. The summed E-state index contributed by atoms with van der Waals surface area (Å²) in [6.45, 7) is 4.14. The Morgan fingerprint density at radius 1 is 1.47 bits per heavy atom. The van der Waals surface area contributed by atoms with Crippen molar-refractivity contribution in [1.82, 2.24) is 5.32 Å². The molecule has 0 aliphatic heterocycles. The van der Waals surface area contributed by atoms with Gasteiger partial charge in [0.2, 0.25) is 0 Å². The molecule has 0 saturated carbocycles. The second-order valence-electron chi connectivity index (χ2n) is 3.67. The van der Waals surface area contributed by atoms with Crippen LogP contribution in [0.15, 0.2) is 39.7 Å². The lowest BCUT2D eigenvalue weighted by Crippen LogP contribution is -2.13. The number of rotatable bonds is 7. The van der Waals surface area contributed by atoms with Crippen LogP contribution in [-0.4, -0.2) is 12.3 Å². The highest BCUT2D eigenvalue weighted by molar-refractivity contribution is 7.99. The standard InChI is InChI=1S/C13H17Cl2NS/c1-2-6-16-9-11-4-3-5-13(7-11)17-10-12(15)8-14/h3-5,7-8,16H,2,6,9-10H2,1H3. The summed E-state index contributed by atoms with van der Waals surface area (Å²) in [5, 5.41) is 4.06. The molecule has 0 atom stereocenters. The maximum absolute atomic E-state index is 5.85. The van der Waals surface area contributed by atoms with Crippen LogP contribution in [0.2, 0.25) is 0 Å². The van der Waals surface area contributed by atoms with Crippen molar-refractivity contribution in [2.24, 2.45) is 0 Å². The molecule has 0 saturated heterocycles. The van der Waals surface area contributed by atoms with Crippen LogP contribution in [0.5, 0.6) is 0 Å². The van der Waals surface area contributed by atoms with Crippen LogP contribution in [0.1, 0.15) is 18.9 Å². The van der Waals surface area contributed by atoms with Gasteiger partial charge in [-0.1, -0.05) is 42.3 Å². The number of benzene rings is 1. The predicted octanol–water partition coefficient (Wildman–Crippen LogP) is 4.60.